The van der Waals surface area contributed by atoms with E-state index in [0.717, 1.165) is 0 Å². The normalized spacial score (nSPS) is 16.0. The van der Waals surface area contributed by atoms with E-state index in [1.165, 1.54) is 0 Å². The maximum Gasteiger partial charge on any atom is 0.410 e. The second-order valence-electron chi connectivity index (χ2n) is 6.48. The van der Waals surface area contributed by atoms with E-state index in [0.29, 0.717) is 32.2 Å². The van der Waals surface area contributed by atoms with Gasteiger partial charge < -0.3 is 20.3 Å². The second kappa shape index (κ2) is 6.92. The molecule has 0 bridgehead atoms. The lowest BCUT2D eigenvalue weighted by Gasteiger charge is -2.40. The van der Waals surface area contributed by atoms with E-state index in [1.807, 2.05) is 34.6 Å². The Morgan fingerprint density at radius 2 is 1.85 bits per heavy atom. The molecule has 0 unspecified atom stereocenters. The molecule has 1 rings (SSSR count). The molecule has 0 aliphatic carbocycles. The molecule has 1 heterocycles. The Morgan fingerprint density at radius 3 is 2.35 bits per heavy atom. The molecule has 1 aliphatic rings. The molecule has 2 amide bonds. The molecule has 1 saturated heterocycles. The Hall–Kier alpha value is -1.30. The molecule has 0 atom stereocenters. The van der Waals surface area contributed by atoms with Gasteiger partial charge in [0.15, 0.2) is 0 Å². The first kappa shape index (κ1) is 16.8. The number of rotatable bonds is 5. The zero-order chi connectivity index (χ0) is 15.3. The summed E-state index contributed by atoms with van der Waals surface area (Å²) >= 11 is 0. The van der Waals surface area contributed by atoms with Crippen molar-refractivity contribution >= 4 is 12.0 Å². The Morgan fingerprint density at radius 1 is 1.25 bits per heavy atom. The summed E-state index contributed by atoms with van der Waals surface area (Å²) in [7, 11) is 0. The monoisotopic (exact) mass is 285 g/mol. The van der Waals surface area contributed by atoms with Gasteiger partial charge in [-0.15, -0.1) is 0 Å². The van der Waals surface area contributed by atoms with Crippen molar-refractivity contribution < 1.29 is 14.3 Å². The van der Waals surface area contributed by atoms with Crippen LogP contribution in [0.4, 0.5) is 4.79 Å². The summed E-state index contributed by atoms with van der Waals surface area (Å²) in [4.78, 5) is 24.7. The summed E-state index contributed by atoms with van der Waals surface area (Å²) in [6.07, 6.45) is -0.260. The van der Waals surface area contributed by atoms with Crippen LogP contribution in [0.1, 0.15) is 34.6 Å². The topological polar surface area (TPSA) is 70.7 Å². The van der Waals surface area contributed by atoms with Crippen LogP contribution in [-0.4, -0.2) is 54.7 Å². The van der Waals surface area contributed by atoms with Crippen molar-refractivity contribution in [3.05, 3.63) is 0 Å². The molecule has 0 spiro atoms. The second-order valence-corrected chi connectivity index (χ2v) is 6.48. The molecule has 0 aromatic rings. The van der Waals surface area contributed by atoms with Crippen LogP contribution in [0, 0.1) is 5.92 Å². The SMILES string of the molecule is CC(C)C(=O)NCCNC1CN(C(=O)OC(C)(C)C)C1. The first-order valence-electron chi connectivity index (χ1n) is 7.18. The van der Waals surface area contributed by atoms with Gasteiger partial charge in [-0.1, -0.05) is 13.8 Å². The third-order valence-electron chi connectivity index (χ3n) is 2.91. The number of nitrogens with one attached hydrogen (secondary N) is 2. The molecular formula is C14H27N3O3. The fourth-order valence-corrected chi connectivity index (χ4v) is 1.75. The maximum atomic E-state index is 11.7. The van der Waals surface area contributed by atoms with E-state index in [-0.39, 0.29) is 17.9 Å². The summed E-state index contributed by atoms with van der Waals surface area (Å²) in [5, 5.41) is 6.14. The average Bonchev–Trinajstić information content (AvgIpc) is 2.22. The van der Waals surface area contributed by atoms with Gasteiger partial charge in [0.25, 0.3) is 0 Å². The van der Waals surface area contributed by atoms with Crippen molar-refractivity contribution in [3.8, 4) is 0 Å². The molecule has 2 N–H and O–H groups in total. The van der Waals surface area contributed by atoms with Crippen molar-refractivity contribution in [2.45, 2.75) is 46.3 Å². The van der Waals surface area contributed by atoms with Crippen LogP contribution in [-0.2, 0) is 9.53 Å². The van der Waals surface area contributed by atoms with E-state index >= 15 is 0 Å². The van der Waals surface area contributed by atoms with Crippen LogP contribution in [0.2, 0.25) is 0 Å². The van der Waals surface area contributed by atoms with Gasteiger partial charge in [0.1, 0.15) is 5.60 Å². The Kier molecular flexibility index (Phi) is 5.80. The molecular weight excluding hydrogens is 258 g/mol. The van der Waals surface area contributed by atoms with Crippen LogP contribution in [0.25, 0.3) is 0 Å². The van der Waals surface area contributed by atoms with E-state index in [9.17, 15) is 9.59 Å². The minimum atomic E-state index is -0.448. The highest BCUT2D eigenvalue weighted by molar-refractivity contribution is 5.77. The molecule has 1 fully saturated rings. The predicted octanol–water partition coefficient (Wildman–Crippen LogP) is 0.968. The quantitative estimate of drug-likeness (QED) is 0.738. The van der Waals surface area contributed by atoms with Gasteiger partial charge in [0, 0.05) is 38.1 Å². The standard InChI is InChI=1S/C14H27N3O3/c1-10(2)12(18)16-7-6-15-11-8-17(9-11)13(19)20-14(3,4)5/h10-11,15H,6-9H2,1-5H3,(H,16,18). The first-order valence-corrected chi connectivity index (χ1v) is 7.18. The van der Waals surface area contributed by atoms with Crippen LogP contribution in [0.5, 0.6) is 0 Å². The highest BCUT2D eigenvalue weighted by Crippen LogP contribution is 2.14. The average molecular weight is 285 g/mol. The van der Waals surface area contributed by atoms with E-state index in [4.69, 9.17) is 4.74 Å². The third-order valence-corrected chi connectivity index (χ3v) is 2.91. The van der Waals surface area contributed by atoms with Crippen molar-refractivity contribution in [2.24, 2.45) is 5.92 Å². The zero-order valence-corrected chi connectivity index (χ0v) is 13.2. The third kappa shape index (κ3) is 5.77. The van der Waals surface area contributed by atoms with Gasteiger partial charge in [-0.3, -0.25) is 4.79 Å². The largest absolute Gasteiger partial charge is 0.444 e. The number of amides is 2. The van der Waals surface area contributed by atoms with Gasteiger partial charge in [-0.05, 0) is 20.8 Å². The van der Waals surface area contributed by atoms with Crippen molar-refractivity contribution in [1.29, 1.82) is 0 Å². The fourth-order valence-electron chi connectivity index (χ4n) is 1.75. The summed E-state index contributed by atoms with van der Waals surface area (Å²) in [6.45, 7) is 12.0. The molecule has 0 aromatic heterocycles. The summed E-state index contributed by atoms with van der Waals surface area (Å²) in [5.74, 6) is 0.0807. The Balaban J connectivity index is 2.08. The Labute approximate surface area is 121 Å². The number of carbonyl (C=O) groups is 2. The number of hydrogen-bond donors (Lipinski definition) is 2. The van der Waals surface area contributed by atoms with E-state index < -0.39 is 5.60 Å². The molecule has 1 aliphatic heterocycles. The van der Waals surface area contributed by atoms with Crippen LogP contribution in [0.15, 0.2) is 0 Å². The lowest BCUT2D eigenvalue weighted by Crippen LogP contribution is -2.61. The molecule has 0 saturated carbocycles. The number of likely N-dealkylation sites (tertiary alicyclic amines) is 1. The molecule has 20 heavy (non-hydrogen) atoms. The summed E-state index contributed by atoms with van der Waals surface area (Å²) in [5.41, 5.74) is -0.448. The predicted molar refractivity (Wildman–Crippen MR) is 77.4 cm³/mol. The van der Waals surface area contributed by atoms with E-state index in [2.05, 4.69) is 10.6 Å². The van der Waals surface area contributed by atoms with Gasteiger partial charge in [-0.2, -0.15) is 0 Å². The molecule has 0 radical (unpaired) electrons. The molecule has 0 aromatic carbocycles. The molecule has 6 heteroatoms. The lowest BCUT2D eigenvalue weighted by atomic mass is 10.1. The van der Waals surface area contributed by atoms with Gasteiger partial charge >= 0.3 is 6.09 Å². The zero-order valence-electron chi connectivity index (χ0n) is 13.2. The molecule has 6 nitrogen and oxygen atoms in total. The first-order chi connectivity index (χ1) is 9.19. The highest BCUT2D eigenvalue weighted by Gasteiger charge is 2.33. The number of carbonyl (C=O) groups excluding carboxylic acids is 2. The van der Waals surface area contributed by atoms with Crippen LogP contribution < -0.4 is 10.6 Å². The van der Waals surface area contributed by atoms with Crippen molar-refractivity contribution in [2.75, 3.05) is 26.2 Å². The summed E-state index contributed by atoms with van der Waals surface area (Å²) < 4.78 is 5.28. The minimum absolute atomic E-state index is 0.0152. The number of nitrogens with zero attached hydrogens (tertiary/aromatic N) is 1. The van der Waals surface area contributed by atoms with E-state index in [1.54, 1.807) is 4.90 Å². The van der Waals surface area contributed by atoms with Gasteiger partial charge in [0.2, 0.25) is 5.91 Å². The Bertz CT molecular complexity index is 344. The maximum absolute atomic E-state index is 11.7. The fraction of sp³-hybridized carbons (Fsp3) is 0.857. The van der Waals surface area contributed by atoms with Crippen molar-refractivity contribution in [1.82, 2.24) is 15.5 Å². The highest BCUT2D eigenvalue weighted by atomic mass is 16.6. The minimum Gasteiger partial charge on any atom is -0.444 e. The lowest BCUT2D eigenvalue weighted by molar-refractivity contribution is -0.123. The van der Waals surface area contributed by atoms with Gasteiger partial charge in [-0.25, -0.2) is 4.79 Å². The molecule has 116 valence electrons. The number of hydrogen-bond acceptors (Lipinski definition) is 4. The van der Waals surface area contributed by atoms with Crippen LogP contribution >= 0.6 is 0 Å². The summed E-state index contributed by atoms with van der Waals surface area (Å²) in [6, 6.07) is 0.290. The van der Waals surface area contributed by atoms with Crippen LogP contribution in [0.3, 0.4) is 0 Å². The van der Waals surface area contributed by atoms with Gasteiger partial charge in [0.05, 0.1) is 0 Å². The number of ether oxygens (including phenoxy) is 1. The smallest absolute Gasteiger partial charge is 0.410 e. The van der Waals surface area contributed by atoms with Crippen molar-refractivity contribution in [3.63, 3.8) is 0 Å².